The Balaban J connectivity index is 2.38. The Kier molecular flexibility index (Phi) is 4.22. The molecule has 0 amide bonds. The lowest BCUT2D eigenvalue weighted by molar-refractivity contribution is 0.215. The summed E-state index contributed by atoms with van der Waals surface area (Å²) in [5.74, 6) is 0.588. The number of aliphatic hydroxyl groups is 1. The smallest absolute Gasteiger partial charge is 0.488 e. The molecule has 19 heavy (non-hydrogen) atoms. The molecule has 0 fully saturated rings. The van der Waals surface area contributed by atoms with E-state index in [1.807, 2.05) is 12.1 Å². The van der Waals surface area contributed by atoms with Crippen molar-refractivity contribution in [3.8, 4) is 5.75 Å². The number of hydrogen-bond acceptors (Lipinski definition) is 4. The highest BCUT2D eigenvalue weighted by Gasteiger charge is 2.17. The summed E-state index contributed by atoms with van der Waals surface area (Å²) < 4.78 is 5.21. The number of methoxy groups -OCH3 is 1. The number of hydrogen-bond donors (Lipinski definition) is 3. The average molecular weight is 258 g/mol. The summed E-state index contributed by atoms with van der Waals surface area (Å²) in [4.78, 5) is 0. The molecular weight excluding hydrogens is 243 g/mol. The molecule has 2 aromatic rings. The van der Waals surface area contributed by atoms with Gasteiger partial charge in [-0.1, -0.05) is 42.5 Å². The lowest BCUT2D eigenvalue weighted by atomic mass is 9.79. The first-order chi connectivity index (χ1) is 9.13. The molecule has 0 saturated carbocycles. The van der Waals surface area contributed by atoms with Crippen LogP contribution in [0.2, 0.25) is 0 Å². The minimum Gasteiger partial charge on any atom is -0.496 e. The van der Waals surface area contributed by atoms with E-state index in [2.05, 4.69) is 0 Å². The second kappa shape index (κ2) is 5.88. The van der Waals surface area contributed by atoms with E-state index in [4.69, 9.17) is 14.8 Å². The van der Waals surface area contributed by atoms with E-state index < -0.39 is 13.2 Å². The van der Waals surface area contributed by atoms with E-state index in [1.54, 1.807) is 43.5 Å². The summed E-state index contributed by atoms with van der Waals surface area (Å²) in [6, 6.07) is 13.7. The lowest BCUT2D eigenvalue weighted by Gasteiger charge is -2.15. The Hall–Kier alpha value is -1.82. The first kappa shape index (κ1) is 13.6. The molecule has 0 aliphatic carbocycles. The van der Waals surface area contributed by atoms with E-state index in [9.17, 15) is 5.11 Å². The van der Waals surface area contributed by atoms with Gasteiger partial charge in [0.25, 0.3) is 0 Å². The predicted octanol–water partition coefficient (Wildman–Crippen LogP) is 0.457. The average Bonchev–Trinajstić information content (AvgIpc) is 2.46. The number of benzene rings is 2. The Bertz CT molecular complexity index is 557. The summed E-state index contributed by atoms with van der Waals surface area (Å²) in [6.07, 6.45) is -0.880. The molecule has 2 rings (SSSR count). The third kappa shape index (κ3) is 2.96. The van der Waals surface area contributed by atoms with E-state index in [0.717, 1.165) is 0 Å². The highest BCUT2D eigenvalue weighted by Crippen LogP contribution is 2.29. The minimum atomic E-state index is -1.55. The molecule has 2 aromatic carbocycles. The maximum absolute atomic E-state index is 10.4. The van der Waals surface area contributed by atoms with Gasteiger partial charge in [-0.2, -0.15) is 0 Å². The van der Waals surface area contributed by atoms with Gasteiger partial charge in [0.15, 0.2) is 0 Å². The quantitative estimate of drug-likeness (QED) is 0.697. The zero-order chi connectivity index (χ0) is 13.8. The first-order valence-corrected chi connectivity index (χ1v) is 5.90. The highest BCUT2D eigenvalue weighted by molar-refractivity contribution is 6.58. The largest absolute Gasteiger partial charge is 0.496 e. The van der Waals surface area contributed by atoms with Crippen LogP contribution in [0.1, 0.15) is 17.2 Å². The number of rotatable bonds is 4. The molecule has 98 valence electrons. The van der Waals surface area contributed by atoms with Crippen LogP contribution in [0, 0.1) is 0 Å². The van der Waals surface area contributed by atoms with Crippen LogP contribution in [0.4, 0.5) is 0 Å². The van der Waals surface area contributed by atoms with Crippen molar-refractivity contribution in [1.29, 1.82) is 0 Å². The van der Waals surface area contributed by atoms with Crippen molar-refractivity contribution in [1.82, 2.24) is 0 Å². The summed E-state index contributed by atoms with van der Waals surface area (Å²) in [7, 11) is -0.00997. The Morgan fingerprint density at radius 1 is 1.05 bits per heavy atom. The van der Waals surface area contributed by atoms with E-state index in [-0.39, 0.29) is 0 Å². The van der Waals surface area contributed by atoms with Gasteiger partial charge in [0.05, 0.1) is 7.11 Å². The SMILES string of the molecule is COc1ccccc1C(O)c1cccc(B(O)O)c1. The molecule has 0 aromatic heterocycles. The normalized spacial score (nSPS) is 12.0. The van der Waals surface area contributed by atoms with Gasteiger partial charge in [-0.3, -0.25) is 0 Å². The minimum absolute atomic E-state index is 0.339. The zero-order valence-electron chi connectivity index (χ0n) is 10.5. The van der Waals surface area contributed by atoms with Crippen molar-refractivity contribution in [2.75, 3.05) is 7.11 Å². The van der Waals surface area contributed by atoms with Gasteiger partial charge in [0.2, 0.25) is 0 Å². The summed E-state index contributed by atoms with van der Waals surface area (Å²) in [5, 5.41) is 28.7. The van der Waals surface area contributed by atoms with Crippen molar-refractivity contribution < 1.29 is 19.9 Å². The second-order valence-electron chi connectivity index (χ2n) is 4.19. The Morgan fingerprint density at radius 2 is 1.79 bits per heavy atom. The maximum atomic E-state index is 10.4. The van der Waals surface area contributed by atoms with Crippen LogP contribution >= 0.6 is 0 Å². The number of para-hydroxylation sites is 1. The standard InChI is InChI=1S/C14H15BO4/c1-19-13-8-3-2-7-12(13)14(16)10-5-4-6-11(9-10)15(17)18/h2-9,14,16-18H,1H3. The van der Waals surface area contributed by atoms with Gasteiger partial charge in [0.1, 0.15) is 11.9 Å². The second-order valence-corrected chi connectivity index (χ2v) is 4.19. The maximum Gasteiger partial charge on any atom is 0.488 e. The third-order valence-corrected chi connectivity index (χ3v) is 2.96. The molecule has 0 heterocycles. The lowest BCUT2D eigenvalue weighted by Crippen LogP contribution is -2.30. The number of ether oxygens (including phenoxy) is 1. The van der Waals surface area contributed by atoms with Crippen molar-refractivity contribution in [3.63, 3.8) is 0 Å². The van der Waals surface area contributed by atoms with Gasteiger partial charge >= 0.3 is 7.12 Å². The van der Waals surface area contributed by atoms with Crippen LogP contribution in [-0.4, -0.2) is 29.4 Å². The van der Waals surface area contributed by atoms with E-state index >= 15 is 0 Å². The van der Waals surface area contributed by atoms with Gasteiger partial charge in [0, 0.05) is 5.56 Å². The summed E-state index contributed by atoms with van der Waals surface area (Å²) in [6.45, 7) is 0. The van der Waals surface area contributed by atoms with Crippen molar-refractivity contribution >= 4 is 12.6 Å². The van der Waals surface area contributed by atoms with Gasteiger partial charge in [-0.25, -0.2) is 0 Å². The molecule has 0 bridgehead atoms. The van der Waals surface area contributed by atoms with Crippen LogP contribution in [0.5, 0.6) is 5.75 Å². The van der Waals surface area contributed by atoms with E-state index in [1.165, 1.54) is 0 Å². The molecule has 3 N–H and O–H groups in total. The topological polar surface area (TPSA) is 69.9 Å². The third-order valence-electron chi connectivity index (χ3n) is 2.96. The fourth-order valence-corrected chi connectivity index (χ4v) is 1.96. The molecule has 0 saturated heterocycles. The molecule has 1 unspecified atom stereocenters. The highest BCUT2D eigenvalue weighted by atomic mass is 16.5. The molecule has 0 radical (unpaired) electrons. The number of aliphatic hydroxyl groups excluding tert-OH is 1. The summed E-state index contributed by atoms with van der Waals surface area (Å²) in [5.41, 5.74) is 1.55. The van der Waals surface area contributed by atoms with Crippen LogP contribution in [-0.2, 0) is 0 Å². The molecule has 5 heteroatoms. The molecule has 0 aliphatic heterocycles. The predicted molar refractivity (Wildman–Crippen MR) is 73.3 cm³/mol. The Morgan fingerprint density at radius 3 is 2.47 bits per heavy atom. The fraction of sp³-hybridized carbons (Fsp3) is 0.143. The fourth-order valence-electron chi connectivity index (χ4n) is 1.96. The summed E-state index contributed by atoms with van der Waals surface area (Å²) >= 11 is 0. The van der Waals surface area contributed by atoms with Crippen LogP contribution in [0.15, 0.2) is 48.5 Å². The van der Waals surface area contributed by atoms with Gasteiger partial charge in [-0.15, -0.1) is 0 Å². The van der Waals surface area contributed by atoms with Crippen LogP contribution in [0.25, 0.3) is 0 Å². The Labute approximate surface area is 112 Å². The van der Waals surface area contributed by atoms with Crippen molar-refractivity contribution in [2.45, 2.75) is 6.10 Å². The van der Waals surface area contributed by atoms with Gasteiger partial charge < -0.3 is 19.9 Å². The van der Waals surface area contributed by atoms with Crippen LogP contribution < -0.4 is 10.2 Å². The molecule has 4 nitrogen and oxygen atoms in total. The molecule has 0 aliphatic rings. The first-order valence-electron chi connectivity index (χ1n) is 5.90. The van der Waals surface area contributed by atoms with E-state index in [0.29, 0.717) is 22.3 Å². The molecule has 1 atom stereocenters. The molecule has 0 spiro atoms. The van der Waals surface area contributed by atoms with Crippen LogP contribution in [0.3, 0.4) is 0 Å². The van der Waals surface area contributed by atoms with Gasteiger partial charge in [-0.05, 0) is 17.1 Å². The van der Waals surface area contributed by atoms with Crippen molar-refractivity contribution in [2.24, 2.45) is 0 Å². The van der Waals surface area contributed by atoms with Crippen molar-refractivity contribution in [3.05, 3.63) is 59.7 Å². The monoisotopic (exact) mass is 258 g/mol. The zero-order valence-corrected chi connectivity index (χ0v) is 10.5. The molecular formula is C14H15BO4.